The quantitative estimate of drug-likeness (QED) is 0.0258. The number of carboxylic acid groups (broad SMARTS) is 2. The van der Waals surface area contributed by atoms with Gasteiger partial charge in [0.2, 0.25) is 70.9 Å². The average molecular weight is 1580 g/mol. The van der Waals surface area contributed by atoms with Crippen LogP contribution in [0.15, 0.2) is 0 Å². The van der Waals surface area contributed by atoms with Crippen molar-refractivity contribution in [2.24, 2.45) is 70.3 Å². The number of methoxy groups -OCH3 is 1. The van der Waals surface area contributed by atoms with Crippen molar-refractivity contribution in [3.8, 4) is 0 Å². The number of amides is 13. The number of rotatable bonds is 38. The first-order valence-corrected chi connectivity index (χ1v) is 37.9. The Balaban J connectivity index is 3.13. The van der Waals surface area contributed by atoms with Crippen LogP contribution in [-0.2, 0) is 86.2 Å². The van der Waals surface area contributed by atoms with Gasteiger partial charge in [-0.1, -0.05) is 76.2 Å². The SMILES string of the molecule is CO[C@H](C)[C@@H]1NC(=O)[C@H](CCC(N)=O)N(C)C(=O)[C@H](CC(C)C)NC(=O)[C@@H](CCCN)NC(=O)[C@@H](CO)NC(=O)[C@H](NC(=O)[C@@H](NC(=O)[C@H](O)[C@H](O)[C@H](CCC(=O)O)NC(=O)[C@@H](CCCN)NC(=O)[C@H](C)[C@H](O)[C@H](C)CC(C)C)[C@@H](C)[C@@H](C)C(N)=O)[C@H]([C@H](C)C(C)C)OC(=O)[C@@H]2CCCCN2C(=O)[C@@H](CC(=O)O)NC1=O. The van der Waals surface area contributed by atoms with Crippen molar-refractivity contribution in [2.45, 2.75) is 270 Å². The summed E-state index contributed by atoms with van der Waals surface area (Å²) >= 11 is 0. The molecule has 13 amide bonds. The third-order valence-electron chi connectivity index (χ3n) is 20.5. The number of hydrogen-bond donors (Lipinski definition) is 19. The number of fused-ring (bicyclic) bond motifs is 1. The van der Waals surface area contributed by atoms with Crippen molar-refractivity contribution >= 4 is 94.7 Å². The molecule has 0 spiro atoms. The second kappa shape index (κ2) is 47.6. The van der Waals surface area contributed by atoms with Crippen LogP contribution in [0.3, 0.4) is 0 Å². The maximum Gasteiger partial charge on any atom is 0.329 e. The van der Waals surface area contributed by atoms with E-state index in [1.165, 1.54) is 34.6 Å². The van der Waals surface area contributed by atoms with Gasteiger partial charge in [-0.05, 0) is 126 Å². The molecular weight excluding hydrogens is 1460 g/mol. The van der Waals surface area contributed by atoms with E-state index < -0.39 is 266 Å². The fourth-order valence-corrected chi connectivity index (χ4v) is 13.0. The molecule has 39 heteroatoms. The van der Waals surface area contributed by atoms with Crippen LogP contribution in [0, 0.1) is 47.3 Å². The number of nitrogens with zero attached hydrogens (tertiary/aromatic N) is 2. The molecule has 0 aromatic carbocycles. The Morgan fingerprint density at radius 2 is 1.22 bits per heavy atom. The van der Waals surface area contributed by atoms with Crippen molar-refractivity contribution in [3.05, 3.63) is 0 Å². The maximum atomic E-state index is 15.5. The lowest BCUT2D eigenvalue weighted by molar-refractivity contribution is -0.168. The van der Waals surface area contributed by atoms with Gasteiger partial charge in [0.1, 0.15) is 72.6 Å². The number of hydrogen-bond acceptors (Lipinski definition) is 24. The van der Waals surface area contributed by atoms with Crippen LogP contribution in [0.2, 0.25) is 0 Å². The Bertz CT molecular complexity index is 3180. The summed E-state index contributed by atoms with van der Waals surface area (Å²) in [6.07, 6.45) is -13.0. The lowest BCUT2D eigenvalue weighted by Gasteiger charge is -2.39. The smallest absolute Gasteiger partial charge is 0.329 e. The third kappa shape index (κ3) is 30.7. The number of carboxylic acids is 2. The number of likely N-dealkylation sites (N-methyl/N-ethyl adjacent to an activating group) is 1. The number of piperidine rings is 1. The standard InChI is InChI=1S/C72H125N15O24/c1-33(2)29-36(7)56(94)40(11)61(98)78-43(19-17-26-73)62(99)77-42(22-25-51(90)91)57(95)58(96)69(106)83-53(38(9)39(10)60(76)97)66(103)85-55-59(37(8)35(5)6)111-72(109)49-21-15-16-28-87(49)71(108)46(31-52(92)93)81-67(104)54(41(12)110-14)84-65(102)48(23-24-50(75)89)86(13)70(107)45(30-34(3)4)80-63(100)44(20-18-27-74)79-64(101)47(32-88)82-68(55)105/h33-49,53-59,88,94-96H,15-32,73-74H2,1-14H3,(H2,75,89)(H2,76,97)(H,77,99)(H,78,98)(H,79,101)(H,80,100)(H,81,104)(H,82,105)(H,83,106)(H,84,102)(H,85,103)(H,90,91)(H,92,93)/t36-,37-,38+,39-,40-,41-,42+,43-,44-,45+,46-,47-,48+,49+,53+,54+,55-,56-,57-,58-,59+/m1/s1. The van der Waals surface area contributed by atoms with Gasteiger partial charge in [0, 0.05) is 39.5 Å². The van der Waals surface area contributed by atoms with Crippen molar-refractivity contribution < 1.29 is 117 Å². The third-order valence-corrected chi connectivity index (χ3v) is 20.5. The van der Waals surface area contributed by atoms with Gasteiger partial charge in [0.05, 0.1) is 37.2 Å². The molecule has 0 saturated carbocycles. The molecule has 0 bridgehead atoms. The van der Waals surface area contributed by atoms with Crippen molar-refractivity contribution in [2.75, 3.05) is 40.4 Å². The summed E-state index contributed by atoms with van der Waals surface area (Å²) in [5.74, 6) is -26.0. The van der Waals surface area contributed by atoms with E-state index >= 15 is 19.2 Å². The van der Waals surface area contributed by atoms with E-state index in [0.717, 1.165) is 24.0 Å². The van der Waals surface area contributed by atoms with E-state index in [1.54, 1.807) is 34.6 Å². The molecule has 2 saturated heterocycles. The fraction of sp³-hybridized carbons (Fsp3) is 0.778. The molecule has 2 fully saturated rings. The van der Waals surface area contributed by atoms with Crippen LogP contribution >= 0.6 is 0 Å². The van der Waals surface area contributed by atoms with E-state index in [9.17, 15) is 88.2 Å². The number of aliphatic carboxylic acids is 2. The Morgan fingerprint density at radius 3 is 1.76 bits per heavy atom. The van der Waals surface area contributed by atoms with Crippen LogP contribution in [0.4, 0.5) is 0 Å². The molecular formula is C72H125N15O24. The van der Waals surface area contributed by atoms with Crippen LogP contribution in [0.25, 0.3) is 0 Å². The minimum Gasteiger partial charge on any atom is -0.481 e. The number of nitrogens with one attached hydrogen (secondary N) is 9. The predicted octanol–water partition coefficient (Wildman–Crippen LogP) is -4.91. The molecule has 2 aliphatic rings. The molecule has 0 aromatic rings. The van der Waals surface area contributed by atoms with Gasteiger partial charge < -0.3 is 121 Å². The van der Waals surface area contributed by atoms with E-state index in [0.29, 0.717) is 6.42 Å². The van der Waals surface area contributed by atoms with Crippen LogP contribution in [0.1, 0.15) is 173 Å². The number of cyclic esters (lactones) is 1. The molecule has 111 heavy (non-hydrogen) atoms. The molecule has 2 heterocycles. The van der Waals surface area contributed by atoms with E-state index in [-0.39, 0.29) is 82.8 Å². The first kappa shape index (κ1) is 98.3. The highest BCUT2D eigenvalue weighted by Crippen LogP contribution is 2.28. The van der Waals surface area contributed by atoms with Crippen molar-refractivity contribution in [1.82, 2.24) is 57.7 Å². The number of nitrogens with two attached hydrogens (primary N) is 4. The highest BCUT2D eigenvalue weighted by molar-refractivity contribution is 6.00. The van der Waals surface area contributed by atoms with E-state index in [1.807, 2.05) is 13.8 Å². The zero-order chi connectivity index (χ0) is 84.8. The summed E-state index contributed by atoms with van der Waals surface area (Å²) < 4.78 is 11.7. The zero-order valence-corrected chi connectivity index (χ0v) is 66.3. The molecule has 2 aliphatic heterocycles. The normalized spacial score (nSPS) is 24.4. The summed E-state index contributed by atoms with van der Waals surface area (Å²) in [5.41, 5.74) is 22.9. The lowest BCUT2D eigenvalue weighted by atomic mass is 9.85. The molecule has 0 aliphatic carbocycles. The first-order chi connectivity index (χ1) is 51.8. The number of aliphatic hydroxyl groups excluding tert-OH is 4. The number of aliphatic hydroxyl groups is 4. The molecule has 39 nitrogen and oxygen atoms in total. The Hall–Kier alpha value is -8.76. The Labute approximate surface area is 647 Å². The maximum absolute atomic E-state index is 15.5. The van der Waals surface area contributed by atoms with Gasteiger partial charge >= 0.3 is 17.9 Å². The van der Waals surface area contributed by atoms with Gasteiger partial charge in [-0.3, -0.25) is 71.9 Å². The number of carbonyl (C=O) groups is 16. The summed E-state index contributed by atoms with van der Waals surface area (Å²) in [5, 5.41) is 87.6. The van der Waals surface area contributed by atoms with Gasteiger partial charge in [0.25, 0.3) is 5.91 Å². The molecule has 2 rings (SSSR count). The second-order valence-corrected chi connectivity index (χ2v) is 30.4. The van der Waals surface area contributed by atoms with Crippen LogP contribution in [0.5, 0.6) is 0 Å². The van der Waals surface area contributed by atoms with Crippen LogP contribution < -0.4 is 70.8 Å². The van der Waals surface area contributed by atoms with E-state index in [2.05, 4.69) is 47.9 Å². The molecule has 0 aromatic heterocycles. The van der Waals surface area contributed by atoms with Crippen molar-refractivity contribution in [1.29, 1.82) is 0 Å². The molecule has 0 radical (unpaired) electrons. The zero-order valence-electron chi connectivity index (χ0n) is 66.3. The molecule has 632 valence electrons. The minimum atomic E-state index is -2.73. The molecule has 0 unspecified atom stereocenters. The lowest BCUT2D eigenvalue weighted by Crippen LogP contribution is -2.65. The monoisotopic (exact) mass is 1580 g/mol. The predicted molar refractivity (Wildman–Crippen MR) is 398 cm³/mol. The molecule has 23 N–H and O–H groups in total. The summed E-state index contributed by atoms with van der Waals surface area (Å²) in [7, 11) is 2.30. The minimum absolute atomic E-state index is 0.0133. The summed E-state index contributed by atoms with van der Waals surface area (Å²) in [4.78, 5) is 229. The number of esters is 1. The number of primary amides is 2. The first-order valence-electron chi connectivity index (χ1n) is 37.9. The van der Waals surface area contributed by atoms with Gasteiger partial charge in [-0.15, -0.1) is 0 Å². The van der Waals surface area contributed by atoms with Gasteiger partial charge in [-0.25, -0.2) is 4.79 Å². The van der Waals surface area contributed by atoms with Crippen molar-refractivity contribution in [3.63, 3.8) is 0 Å². The fourth-order valence-electron chi connectivity index (χ4n) is 13.0. The highest BCUT2D eigenvalue weighted by Gasteiger charge is 2.48. The number of carbonyl (C=O) groups excluding carboxylic acids is 14. The van der Waals surface area contributed by atoms with Gasteiger partial charge in [0.15, 0.2) is 6.10 Å². The Morgan fingerprint density at radius 1 is 0.622 bits per heavy atom. The number of ether oxygens (including phenoxy) is 2. The molecule has 21 atom stereocenters. The summed E-state index contributed by atoms with van der Waals surface area (Å²) in [6, 6.07) is -20.3. The van der Waals surface area contributed by atoms with Crippen LogP contribution in [-0.4, -0.2) is 273 Å². The van der Waals surface area contributed by atoms with E-state index in [4.69, 9.17) is 32.4 Å². The summed E-state index contributed by atoms with van der Waals surface area (Å²) in [6.45, 7) is 17.1. The topological polar surface area (TPSA) is 632 Å². The highest BCUT2D eigenvalue weighted by atomic mass is 16.5. The Kier molecular flexibility index (Phi) is 42.1. The van der Waals surface area contributed by atoms with Gasteiger partial charge in [-0.2, -0.15) is 0 Å². The second-order valence-electron chi connectivity index (χ2n) is 30.4. The average Bonchev–Trinajstić information content (AvgIpc) is 0.811. The largest absolute Gasteiger partial charge is 0.481 e.